The first-order valence-electron chi connectivity index (χ1n) is 12.0. The number of pyridine rings is 1. The van der Waals surface area contributed by atoms with Crippen molar-refractivity contribution in [1.29, 1.82) is 0 Å². The van der Waals surface area contributed by atoms with Crippen molar-refractivity contribution >= 4 is 40.4 Å². The second-order valence-corrected chi connectivity index (χ2v) is 9.38. The van der Waals surface area contributed by atoms with Gasteiger partial charge in [0.05, 0.1) is 29.8 Å². The van der Waals surface area contributed by atoms with Gasteiger partial charge in [0.25, 0.3) is 5.91 Å². The van der Waals surface area contributed by atoms with Gasteiger partial charge < -0.3 is 19.9 Å². The zero-order valence-corrected chi connectivity index (χ0v) is 20.7. The minimum atomic E-state index is -4.61. The summed E-state index contributed by atoms with van der Waals surface area (Å²) in [5, 5.41) is 9.05. The molecule has 0 unspecified atom stereocenters. The highest BCUT2D eigenvalue weighted by Gasteiger charge is 2.54. The summed E-state index contributed by atoms with van der Waals surface area (Å²) in [6.07, 6.45) is -1.38. The van der Waals surface area contributed by atoms with Gasteiger partial charge in [-0.25, -0.2) is 9.78 Å². The van der Waals surface area contributed by atoms with E-state index in [2.05, 4.69) is 15.2 Å². The van der Waals surface area contributed by atoms with E-state index in [1.807, 2.05) is 0 Å². The molecule has 3 amide bonds. The van der Waals surface area contributed by atoms with Crippen molar-refractivity contribution < 1.29 is 37.1 Å². The summed E-state index contributed by atoms with van der Waals surface area (Å²) >= 11 is 0. The maximum Gasteiger partial charge on any atom is 0.405 e. The molecular weight excluding hydrogens is 521 g/mol. The molecule has 204 valence electrons. The van der Waals surface area contributed by atoms with Crippen LogP contribution >= 0.6 is 0 Å². The van der Waals surface area contributed by atoms with Crippen LogP contribution in [-0.4, -0.2) is 83.2 Å². The Morgan fingerprint density at radius 3 is 2.62 bits per heavy atom. The number of H-pyrrole nitrogens is 1. The van der Waals surface area contributed by atoms with Crippen molar-refractivity contribution in [2.45, 2.75) is 24.4 Å². The molecule has 2 aliphatic heterocycles. The number of aromatic nitrogens is 3. The highest BCUT2D eigenvalue weighted by Crippen LogP contribution is 2.49. The van der Waals surface area contributed by atoms with Crippen LogP contribution in [0.1, 0.15) is 39.1 Å². The van der Waals surface area contributed by atoms with Gasteiger partial charge in [-0.05, 0) is 31.0 Å². The highest BCUT2D eigenvalue weighted by atomic mass is 19.4. The quantitative estimate of drug-likeness (QED) is 0.469. The van der Waals surface area contributed by atoms with E-state index < -0.39 is 42.5 Å². The number of fused-ring (bicyclic) bond motifs is 3. The Kier molecular flexibility index (Phi) is 6.48. The fraction of sp³-hybridized carbons (Fsp3) is 0.360. The molecule has 1 spiro atoms. The maximum absolute atomic E-state index is 13.9. The van der Waals surface area contributed by atoms with Crippen molar-refractivity contribution in [3.05, 3.63) is 53.3 Å². The first kappa shape index (κ1) is 26.1. The third-order valence-corrected chi connectivity index (χ3v) is 7.10. The molecule has 0 atom stereocenters. The number of carbonyl (C=O) groups is 4. The van der Waals surface area contributed by atoms with Gasteiger partial charge in [0.1, 0.15) is 13.1 Å². The second-order valence-electron chi connectivity index (χ2n) is 9.38. The van der Waals surface area contributed by atoms with Crippen LogP contribution in [0.3, 0.4) is 0 Å². The van der Waals surface area contributed by atoms with E-state index in [0.29, 0.717) is 22.2 Å². The number of rotatable bonds is 5. The van der Waals surface area contributed by atoms with Crippen molar-refractivity contribution in [3.8, 4) is 0 Å². The molecule has 1 saturated heterocycles. The van der Waals surface area contributed by atoms with E-state index in [-0.39, 0.29) is 43.1 Å². The van der Waals surface area contributed by atoms with Gasteiger partial charge in [-0.1, -0.05) is 6.07 Å². The lowest BCUT2D eigenvalue weighted by Crippen LogP contribution is -2.52. The Bertz CT molecular complexity index is 1480. The van der Waals surface area contributed by atoms with Crippen LogP contribution in [0.5, 0.6) is 0 Å². The summed E-state index contributed by atoms with van der Waals surface area (Å²) < 4.78 is 42.7. The Labute approximate surface area is 219 Å². The van der Waals surface area contributed by atoms with Gasteiger partial charge in [-0.3, -0.25) is 19.5 Å². The van der Waals surface area contributed by atoms with Crippen LogP contribution in [-0.2, 0) is 19.7 Å². The lowest BCUT2D eigenvalue weighted by atomic mass is 9.72. The summed E-state index contributed by atoms with van der Waals surface area (Å²) in [6, 6.07) is 6.20. The maximum atomic E-state index is 13.9. The standard InChI is InChI=1S/C25H23F3N6O5/c1-39-22(37)16-3-2-4-17-19(16)24(23(38)34(17)12-18(35)30-13-25(26,27)28)5-7-33(8-6-24)21(36)15-9-14-11-31-32-20(14)29-10-15/h2-4,9-11H,5-8,12-13H2,1H3,(H,30,35)(H,29,31,32). The third kappa shape index (κ3) is 4.66. The zero-order valence-electron chi connectivity index (χ0n) is 20.7. The van der Waals surface area contributed by atoms with Gasteiger partial charge in [-0.15, -0.1) is 0 Å². The molecule has 3 aromatic rings. The number of aromatic amines is 1. The monoisotopic (exact) mass is 544 g/mol. The lowest BCUT2D eigenvalue weighted by molar-refractivity contribution is -0.138. The molecule has 0 saturated carbocycles. The number of hydrogen-bond donors (Lipinski definition) is 2. The minimum Gasteiger partial charge on any atom is -0.465 e. The van der Waals surface area contributed by atoms with E-state index >= 15 is 0 Å². The van der Waals surface area contributed by atoms with Gasteiger partial charge >= 0.3 is 12.1 Å². The Morgan fingerprint density at radius 1 is 1.18 bits per heavy atom. The Balaban J connectivity index is 1.43. The van der Waals surface area contributed by atoms with Crippen LogP contribution in [0.2, 0.25) is 0 Å². The number of alkyl halides is 3. The molecule has 0 aliphatic carbocycles. The number of esters is 1. The lowest BCUT2D eigenvalue weighted by Gasteiger charge is -2.39. The summed E-state index contributed by atoms with van der Waals surface area (Å²) in [6.45, 7) is -1.90. The van der Waals surface area contributed by atoms with Gasteiger partial charge in [0, 0.05) is 35.9 Å². The fourth-order valence-corrected chi connectivity index (χ4v) is 5.27. The predicted octanol–water partition coefficient (Wildman–Crippen LogP) is 1.94. The highest BCUT2D eigenvalue weighted by molar-refractivity contribution is 6.13. The number of hydrogen-bond acceptors (Lipinski definition) is 7. The number of nitrogens with one attached hydrogen (secondary N) is 2. The van der Waals surface area contributed by atoms with Crippen LogP contribution in [0.15, 0.2) is 36.7 Å². The minimum absolute atomic E-state index is 0.121. The molecule has 14 heteroatoms. The molecule has 2 N–H and O–H groups in total. The second kappa shape index (κ2) is 9.67. The summed E-state index contributed by atoms with van der Waals surface area (Å²) in [7, 11) is 1.19. The smallest absolute Gasteiger partial charge is 0.405 e. The number of piperidine rings is 1. The fourth-order valence-electron chi connectivity index (χ4n) is 5.27. The van der Waals surface area contributed by atoms with E-state index in [1.54, 1.807) is 22.5 Å². The van der Waals surface area contributed by atoms with Crippen LogP contribution in [0, 0.1) is 0 Å². The number of nitrogens with zero attached hydrogens (tertiary/aromatic N) is 4. The number of amides is 3. The molecule has 0 bridgehead atoms. The topological polar surface area (TPSA) is 138 Å². The number of carbonyl (C=O) groups excluding carboxylic acids is 4. The number of benzene rings is 1. The van der Waals surface area contributed by atoms with Crippen LogP contribution in [0.25, 0.3) is 11.0 Å². The molecule has 4 heterocycles. The average molecular weight is 544 g/mol. The SMILES string of the molecule is COC(=O)c1cccc2c1C1(CCN(C(=O)c3cnc4[nH]ncc4c3)CC1)C(=O)N2CC(=O)NCC(F)(F)F. The van der Waals surface area contributed by atoms with E-state index in [4.69, 9.17) is 4.74 Å². The predicted molar refractivity (Wildman–Crippen MR) is 130 cm³/mol. The molecule has 1 fully saturated rings. The van der Waals surface area contributed by atoms with E-state index in [0.717, 1.165) is 4.90 Å². The number of anilines is 1. The van der Waals surface area contributed by atoms with Gasteiger partial charge in [0.2, 0.25) is 11.8 Å². The molecule has 2 aromatic heterocycles. The number of halogens is 3. The summed E-state index contributed by atoms with van der Waals surface area (Å²) in [5.41, 5.74) is 0.325. The molecule has 2 aliphatic rings. The van der Waals surface area contributed by atoms with Crippen molar-refractivity contribution in [1.82, 2.24) is 25.4 Å². The molecule has 0 radical (unpaired) electrons. The van der Waals surface area contributed by atoms with Crippen LogP contribution < -0.4 is 10.2 Å². The van der Waals surface area contributed by atoms with Gasteiger partial charge in [0.15, 0.2) is 5.65 Å². The van der Waals surface area contributed by atoms with Gasteiger partial charge in [-0.2, -0.15) is 18.3 Å². The van der Waals surface area contributed by atoms with Crippen molar-refractivity contribution in [3.63, 3.8) is 0 Å². The molecule has 1 aromatic carbocycles. The van der Waals surface area contributed by atoms with Crippen molar-refractivity contribution in [2.24, 2.45) is 0 Å². The first-order chi connectivity index (χ1) is 18.5. The molecule has 39 heavy (non-hydrogen) atoms. The number of methoxy groups -OCH3 is 1. The first-order valence-corrected chi connectivity index (χ1v) is 12.0. The zero-order chi connectivity index (χ0) is 27.9. The van der Waals surface area contributed by atoms with E-state index in [1.165, 1.54) is 31.5 Å². The summed E-state index contributed by atoms with van der Waals surface area (Å²) in [4.78, 5) is 58.9. The third-order valence-electron chi connectivity index (χ3n) is 7.10. The number of ether oxygens (including phenoxy) is 1. The number of likely N-dealkylation sites (tertiary alicyclic amines) is 1. The van der Waals surface area contributed by atoms with Crippen LogP contribution in [0.4, 0.5) is 18.9 Å². The normalized spacial score (nSPS) is 16.5. The van der Waals surface area contributed by atoms with E-state index in [9.17, 15) is 32.3 Å². The van der Waals surface area contributed by atoms with Crippen molar-refractivity contribution in [2.75, 3.05) is 38.2 Å². The largest absolute Gasteiger partial charge is 0.465 e. The molecule has 11 nitrogen and oxygen atoms in total. The molecule has 5 rings (SSSR count). The molecular formula is C25H23F3N6O5. The Hall–Kier alpha value is -4.49. The average Bonchev–Trinajstić information content (AvgIpc) is 3.48. The summed E-state index contributed by atoms with van der Waals surface area (Å²) in [5.74, 6) is -2.51. The Morgan fingerprint density at radius 2 is 1.92 bits per heavy atom.